The molecule has 0 saturated carbocycles. The molecule has 12 heavy (non-hydrogen) atoms. The lowest BCUT2D eigenvalue weighted by atomic mass is 9.96. The van der Waals surface area contributed by atoms with E-state index in [-0.39, 0.29) is 0 Å². The van der Waals surface area contributed by atoms with Gasteiger partial charge in [0.2, 0.25) is 9.05 Å². The van der Waals surface area contributed by atoms with E-state index in [4.69, 9.17) is 10.7 Å². The second-order valence-corrected chi connectivity index (χ2v) is 5.84. The summed E-state index contributed by atoms with van der Waals surface area (Å²) in [6.07, 6.45) is -4.56. The highest BCUT2D eigenvalue weighted by molar-refractivity contribution is 8.13. The fraction of sp³-hybridized carbons (Fsp3) is 1.00. The van der Waals surface area contributed by atoms with Crippen molar-refractivity contribution in [3.8, 4) is 0 Å². The van der Waals surface area contributed by atoms with Crippen LogP contribution in [0.4, 0.5) is 13.2 Å². The van der Waals surface area contributed by atoms with Crippen LogP contribution >= 0.6 is 10.7 Å². The summed E-state index contributed by atoms with van der Waals surface area (Å²) in [5.74, 6) is -1.11. The quantitative estimate of drug-likeness (QED) is 0.674. The normalized spacial score (nSPS) is 14.8. The van der Waals surface area contributed by atoms with Crippen LogP contribution in [0.25, 0.3) is 0 Å². The van der Waals surface area contributed by atoms with Crippen LogP contribution in [-0.2, 0) is 9.05 Å². The van der Waals surface area contributed by atoms with Crippen molar-refractivity contribution in [3.63, 3.8) is 0 Å². The zero-order valence-corrected chi connectivity index (χ0v) is 8.02. The van der Waals surface area contributed by atoms with Crippen molar-refractivity contribution >= 4 is 19.7 Å². The van der Waals surface area contributed by atoms with Crippen molar-refractivity contribution < 1.29 is 21.6 Å². The second-order valence-electron chi connectivity index (χ2n) is 3.06. The van der Waals surface area contributed by atoms with Crippen LogP contribution in [0.5, 0.6) is 0 Å². The van der Waals surface area contributed by atoms with Crippen molar-refractivity contribution in [2.45, 2.75) is 20.0 Å². The van der Waals surface area contributed by atoms with Crippen LogP contribution in [0.3, 0.4) is 0 Å². The Morgan fingerprint density at radius 2 is 1.58 bits per heavy atom. The minimum atomic E-state index is -4.56. The third-order valence-electron chi connectivity index (χ3n) is 1.30. The van der Waals surface area contributed by atoms with Gasteiger partial charge >= 0.3 is 6.18 Å². The first kappa shape index (κ1) is 12.0. The van der Waals surface area contributed by atoms with E-state index in [1.54, 1.807) is 0 Å². The standard InChI is InChI=1S/C5H8ClF3O2S/c1-4(2,5(7,8)9)3-12(6,10)11/h3H2,1-2H3. The minimum Gasteiger partial charge on any atom is -0.212 e. The molecule has 0 spiro atoms. The van der Waals surface area contributed by atoms with Crippen molar-refractivity contribution in [2.75, 3.05) is 5.75 Å². The number of hydrogen-bond acceptors (Lipinski definition) is 2. The first-order chi connectivity index (χ1) is 4.96. The van der Waals surface area contributed by atoms with Gasteiger partial charge in [-0.3, -0.25) is 0 Å². The van der Waals surface area contributed by atoms with Crippen LogP contribution in [0.15, 0.2) is 0 Å². The summed E-state index contributed by atoms with van der Waals surface area (Å²) in [4.78, 5) is 0. The molecule has 0 fully saturated rings. The SMILES string of the molecule is CC(C)(CS(=O)(=O)Cl)C(F)(F)F. The zero-order valence-electron chi connectivity index (χ0n) is 6.44. The highest BCUT2D eigenvalue weighted by atomic mass is 35.7. The molecule has 0 radical (unpaired) electrons. The molecular weight excluding hydrogens is 217 g/mol. The van der Waals surface area contributed by atoms with Gasteiger partial charge in [0.25, 0.3) is 0 Å². The van der Waals surface area contributed by atoms with Crippen LogP contribution < -0.4 is 0 Å². The molecule has 0 heterocycles. The van der Waals surface area contributed by atoms with E-state index in [1.165, 1.54) is 0 Å². The summed E-state index contributed by atoms with van der Waals surface area (Å²) in [7, 11) is 0.583. The lowest BCUT2D eigenvalue weighted by molar-refractivity contribution is -0.203. The van der Waals surface area contributed by atoms with Gasteiger partial charge in [-0.15, -0.1) is 0 Å². The molecule has 74 valence electrons. The summed E-state index contributed by atoms with van der Waals surface area (Å²) in [6.45, 7) is 1.57. The van der Waals surface area contributed by atoms with E-state index in [2.05, 4.69) is 0 Å². The lowest BCUT2D eigenvalue weighted by Crippen LogP contribution is -2.37. The van der Waals surface area contributed by atoms with Gasteiger partial charge in [-0.1, -0.05) is 13.8 Å². The molecule has 0 aliphatic carbocycles. The fourth-order valence-corrected chi connectivity index (χ4v) is 2.36. The van der Waals surface area contributed by atoms with Crippen molar-refractivity contribution in [1.29, 1.82) is 0 Å². The number of alkyl halides is 3. The van der Waals surface area contributed by atoms with E-state index in [0.717, 1.165) is 13.8 Å². The van der Waals surface area contributed by atoms with E-state index in [9.17, 15) is 21.6 Å². The molecular formula is C5H8ClF3O2S. The molecule has 0 rings (SSSR count). The van der Waals surface area contributed by atoms with Crippen molar-refractivity contribution in [2.24, 2.45) is 5.41 Å². The first-order valence-corrected chi connectivity index (χ1v) is 5.43. The second kappa shape index (κ2) is 3.06. The molecule has 0 bridgehead atoms. The summed E-state index contributed by atoms with van der Waals surface area (Å²) in [6, 6.07) is 0. The Morgan fingerprint density at radius 3 is 1.67 bits per heavy atom. The van der Waals surface area contributed by atoms with Crippen molar-refractivity contribution in [3.05, 3.63) is 0 Å². The maximum atomic E-state index is 12.0. The maximum absolute atomic E-state index is 12.0. The molecule has 0 aromatic heterocycles. The molecule has 0 saturated heterocycles. The molecule has 7 heteroatoms. The molecule has 0 atom stereocenters. The highest BCUT2D eigenvalue weighted by Crippen LogP contribution is 2.38. The molecule has 0 N–H and O–H groups in total. The fourth-order valence-electron chi connectivity index (χ4n) is 0.513. The van der Waals surface area contributed by atoms with Gasteiger partial charge in [-0.25, -0.2) is 8.42 Å². The monoisotopic (exact) mass is 224 g/mol. The van der Waals surface area contributed by atoms with Gasteiger partial charge in [0, 0.05) is 10.7 Å². The Kier molecular flexibility index (Phi) is 3.07. The van der Waals surface area contributed by atoms with Crippen LogP contribution in [0.2, 0.25) is 0 Å². The number of rotatable bonds is 2. The van der Waals surface area contributed by atoms with E-state index >= 15 is 0 Å². The van der Waals surface area contributed by atoms with Crippen LogP contribution in [0, 0.1) is 5.41 Å². The third kappa shape index (κ3) is 3.62. The average molecular weight is 225 g/mol. The summed E-state index contributed by atoms with van der Waals surface area (Å²) in [5, 5.41) is 0. The predicted molar refractivity (Wildman–Crippen MR) is 39.5 cm³/mol. The van der Waals surface area contributed by atoms with E-state index in [1.807, 2.05) is 0 Å². The maximum Gasteiger partial charge on any atom is 0.394 e. The zero-order chi connectivity index (χ0) is 10.2. The predicted octanol–water partition coefficient (Wildman–Crippen LogP) is 2.14. The van der Waals surface area contributed by atoms with Gasteiger partial charge in [-0.2, -0.15) is 13.2 Å². The van der Waals surface area contributed by atoms with Gasteiger partial charge in [0.1, 0.15) is 0 Å². The summed E-state index contributed by atoms with van der Waals surface area (Å²) in [5.41, 5.74) is -2.30. The molecule has 0 aromatic rings. The lowest BCUT2D eigenvalue weighted by Gasteiger charge is -2.25. The first-order valence-electron chi connectivity index (χ1n) is 2.95. The Hall–Kier alpha value is 0.0300. The van der Waals surface area contributed by atoms with Gasteiger partial charge in [-0.05, 0) is 0 Å². The smallest absolute Gasteiger partial charge is 0.212 e. The summed E-state index contributed by atoms with van der Waals surface area (Å²) >= 11 is 0. The van der Waals surface area contributed by atoms with Crippen LogP contribution in [-0.4, -0.2) is 20.3 Å². The summed E-state index contributed by atoms with van der Waals surface area (Å²) < 4.78 is 56.8. The van der Waals surface area contributed by atoms with Crippen molar-refractivity contribution in [1.82, 2.24) is 0 Å². The topological polar surface area (TPSA) is 34.1 Å². The minimum absolute atomic E-state index is 0.785. The molecule has 0 unspecified atom stereocenters. The molecule has 0 aromatic carbocycles. The van der Waals surface area contributed by atoms with Gasteiger partial charge in [0.15, 0.2) is 0 Å². The van der Waals surface area contributed by atoms with Gasteiger partial charge in [0.05, 0.1) is 11.2 Å². The third-order valence-corrected chi connectivity index (χ3v) is 2.69. The molecule has 0 amide bonds. The molecule has 0 aliphatic rings. The molecule has 2 nitrogen and oxygen atoms in total. The highest BCUT2D eigenvalue weighted by Gasteiger charge is 2.49. The Balaban J connectivity index is 4.67. The number of halogens is 4. The average Bonchev–Trinajstić information content (AvgIpc) is 1.52. The Bertz CT molecular complexity index is 254. The Labute approximate surface area is 73.1 Å². The van der Waals surface area contributed by atoms with E-state index < -0.39 is 26.4 Å². The van der Waals surface area contributed by atoms with Gasteiger partial charge < -0.3 is 0 Å². The van der Waals surface area contributed by atoms with Crippen LogP contribution in [0.1, 0.15) is 13.8 Å². The number of hydrogen-bond donors (Lipinski definition) is 0. The largest absolute Gasteiger partial charge is 0.394 e. The Morgan fingerprint density at radius 1 is 1.25 bits per heavy atom. The molecule has 0 aliphatic heterocycles. The van der Waals surface area contributed by atoms with E-state index in [0.29, 0.717) is 0 Å².